The number of amides is 1. The van der Waals surface area contributed by atoms with Crippen LogP contribution in [0.2, 0.25) is 0 Å². The van der Waals surface area contributed by atoms with Crippen molar-refractivity contribution in [2.75, 3.05) is 0 Å². The van der Waals surface area contributed by atoms with Gasteiger partial charge in [-0.15, -0.1) is 0 Å². The molecule has 154 valence electrons. The molecule has 0 spiro atoms. The van der Waals surface area contributed by atoms with E-state index in [-0.39, 0.29) is 41.7 Å². The normalized spacial score (nSPS) is 18.9. The van der Waals surface area contributed by atoms with Crippen LogP contribution in [0.1, 0.15) is 59.1 Å². The van der Waals surface area contributed by atoms with Crippen molar-refractivity contribution in [2.45, 2.75) is 57.8 Å². The quantitative estimate of drug-likeness (QED) is 0.586. The average Bonchev–Trinajstić information content (AvgIpc) is 3.12. The minimum atomic E-state index is -1.23. The summed E-state index contributed by atoms with van der Waals surface area (Å²) in [5.74, 6) is -1.85. The molecule has 3 N–H and O–H groups in total. The summed E-state index contributed by atoms with van der Waals surface area (Å²) in [5, 5.41) is 19.5. The molecule has 1 amide bonds. The highest BCUT2D eigenvalue weighted by Gasteiger charge is 2.27. The Balaban J connectivity index is 1.62. The molecule has 1 heterocycles. The van der Waals surface area contributed by atoms with Crippen molar-refractivity contribution in [1.29, 1.82) is 0 Å². The fourth-order valence-electron chi connectivity index (χ4n) is 3.71. The fourth-order valence-corrected chi connectivity index (χ4v) is 3.71. The molecule has 0 radical (unpaired) electrons. The number of ketones is 1. The van der Waals surface area contributed by atoms with Gasteiger partial charge in [0.05, 0.1) is 0 Å². The summed E-state index contributed by atoms with van der Waals surface area (Å²) < 4.78 is 1.16. The maximum absolute atomic E-state index is 12.6. The van der Waals surface area contributed by atoms with E-state index in [4.69, 9.17) is 5.11 Å². The lowest BCUT2D eigenvalue weighted by atomic mass is 9.90. The zero-order valence-corrected chi connectivity index (χ0v) is 16.4. The van der Waals surface area contributed by atoms with Crippen molar-refractivity contribution < 1.29 is 19.5 Å². The molecule has 1 saturated carbocycles. The molecule has 0 aliphatic heterocycles. The SMILES string of the molecule is CC(=O)c1cc(C(=O)O)nn1CC(=O)N[C@H]1CCCC[C@@H]1NCc1ccccc1. The van der Waals surface area contributed by atoms with Gasteiger partial charge in [-0.1, -0.05) is 43.2 Å². The van der Waals surface area contributed by atoms with Crippen molar-refractivity contribution in [3.8, 4) is 0 Å². The van der Waals surface area contributed by atoms with Crippen molar-refractivity contribution in [1.82, 2.24) is 20.4 Å². The van der Waals surface area contributed by atoms with Gasteiger partial charge in [-0.05, 0) is 18.4 Å². The minimum absolute atomic E-state index is 0.0183. The number of nitrogens with one attached hydrogen (secondary N) is 2. The summed E-state index contributed by atoms with van der Waals surface area (Å²) in [5.41, 5.74) is 1.05. The van der Waals surface area contributed by atoms with Crippen LogP contribution in [0.25, 0.3) is 0 Å². The van der Waals surface area contributed by atoms with Gasteiger partial charge in [-0.25, -0.2) is 4.79 Å². The highest BCUT2D eigenvalue weighted by molar-refractivity contribution is 5.96. The molecule has 2 atom stereocenters. The second-order valence-electron chi connectivity index (χ2n) is 7.37. The Bertz CT molecular complexity index is 878. The molecule has 0 unspecified atom stereocenters. The molecule has 2 aromatic rings. The van der Waals surface area contributed by atoms with Gasteiger partial charge >= 0.3 is 5.97 Å². The number of aromatic nitrogens is 2. The second kappa shape index (κ2) is 9.47. The molecule has 8 heteroatoms. The molecule has 1 aromatic carbocycles. The van der Waals surface area contributed by atoms with Crippen LogP contribution in [0.4, 0.5) is 0 Å². The highest BCUT2D eigenvalue weighted by atomic mass is 16.4. The van der Waals surface area contributed by atoms with Crippen LogP contribution in [0, 0.1) is 0 Å². The Morgan fingerprint density at radius 2 is 1.83 bits per heavy atom. The topological polar surface area (TPSA) is 113 Å². The first-order valence-corrected chi connectivity index (χ1v) is 9.83. The van der Waals surface area contributed by atoms with Gasteiger partial charge < -0.3 is 15.7 Å². The molecule has 8 nitrogen and oxygen atoms in total. The number of aromatic carboxylic acids is 1. The van der Waals surface area contributed by atoms with E-state index in [0.29, 0.717) is 0 Å². The zero-order valence-electron chi connectivity index (χ0n) is 16.4. The maximum Gasteiger partial charge on any atom is 0.356 e. The molecule has 1 aliphatic rings. The summed E-state index contributed by atoms with van der Waals surface area (Å²) in [6, 6.07) is 11.4. The van der Waals surface area contributed by atoms with E-state index >= 15 is 0 Å². The minimum Gasteiger partial charge on any atom is -0.476 e. The Morgan fingerprint density at radius 1 is 1.14 bits per heavy atom. The summed E-state index contributed by atoms with van der Waals surface area (Å²) in [7, 11) is 0. The number of Topliss-reactive ketones (excluding diaryl/α,β-unsaturated/α-hetero) is 1. The number of rotatable bonds is 8. The van der Waals surface area contributed by atoms with Crippen LogP contribution in [-0.4, -0.2) is 44.6 Å². The third-order valence-corrected chi connectivity index (χ3v) is 5.18. The van der Waals surface area contributed by atoms with Gasteiger partial charge in [0, 0.05) is 31.6 Å². The number of hydrogen-bond donors (Lipinski definition) is 3. The van der Waals surface area contributed by atoms with Crippen LogP contribution in [0.5, 0.6) is 0 Å². The summed E-state index contributed by atoms with van der Waals surface area (Å²) in [6.45, 7) is 1.86. The average molecular weight is 398 g/mol. The van der Waals surface area contributed by atoms with Gasteiger partial charge in [0.1, 0.15) is 12.2 Å². The smallest absolute Gasteiger partial charge is 0.356 e. The van der Waals surface area contributed by atoms with Gasteiger partial charge in [0.2, 0.25) is 5.91 Å². The molecule has 3 rings (SSSR count). The first-order valence-electron chi connectivity index (χ1n) is 9.83. The molecule has 1 fully saturated rings. The standard InChI is InChI=1S/C21H26N4O4/c1-14(26)19-11-18(21(28)29)24-25(19)13-20(27)23-17-10-6-5-9-16(17)22-12-15-7-3-2-4-8-15/h2-4,7-8,11,16-17,22H,5-6,9-10,12-13H2,1H3,(H,23,27)(H,28,29)/t16-,17-/m0/s1. The van der Waals surface area contributed by atoms with Crippen LogP contribution < -0.4 is 10.6 Å². The van der Waals surface area contributed by atoms with E-state index in [1.165, 1.54) is 18.6 Å². The molecule has 1 aromatic heterocycles. The van der Waals surface area contributed by atoms with E-state index in [1.54, 1.807) is 0 Å². The van der Waals surface area contributed by atoms with Gasteiger partial charge in [0.25, 0.3) is 0 Å². The van der Waals surface area contributed by atoms with Gasteiger partial charge in [-0.2, -0.15) is 5.10 Å². The van der Waals surface area contributed by atoms with Crippen molar-refractivity contribution in [3.05, 3.63) is 53.3 Å². The number of carboxylic acid groups (broad SMARTS) is 1. The van der Waals surface area contributed by atoms with Crippen molar-refractivity contribution in [3.63, 3.8) is 0 Å². The Morgan fingerprint density at radius 3 is 2.48 bits per heavy atom. The lowest BCUT2D eigenvalue weighted by Gasteiger charge is -2.33. The second-order valence-corrected chi connectivity index (χ2v) is 7.37. The first-order chi connectivity index (χ1) is 13.9. The van der Waals surface area contributed by atoms with Gasteiger partial charge in [0.15, 0.2) is 11.5 Å². The number of hydrogen-bond acceptors (Lipinski definition) is 5. The number of nitrogens with zero attached hydrogens (tertiary/aromatic N) is 2. The molecule has 1 aliphatic carbocycles. The zero-order chi connectivity index (χ0) is 20.8. The summed E-state index contributed by atoms with van der Waals surface area (Å²) in [4.78, 5) is 35.5. The Labute approximate surface area is 169 Å². The Hall–Kier alpha value is -3.00. The number of carbonyl (C=O) groups excluding carboxylic acids is 2. The number of benzene rings is 1. The van der Waals surface area contributed by atoms with Gasteiger partial charge in [-0.3, -0.25) is 14.3 Å². The van der Waals surface area contributed by atoms with Crippen molar-refractivity contribution in [2.24, 2.45) is 0 Å². The van der Waals surface area contributed by atoms with E-state index in [0.717, 1.165) is 36.9 Å². The van der Waals surface area contributed by atoms with Crippen LogP contribution in [-0.2, 0) is 17.9 Å². The van der Waals surface area contributed by atoms with E-state index in [2.05, 4.69) is 27.9 Å². The third-order valence-electron chi connectivity index (χ3n) is 5.18. The van der Waals surface area contributed by atoms with Crippen molar-refractivity contribution >= 4 is 17.7 Å². The molecular formula is C21H26N4O4. The molecule has 29 heavy (non-hydrogen) atoms. The van der Waals surface area contributed by atoms with Crippen LogP contribution >= 0.6 is 0 Å². The lowest BCUT2D eigenvalue weighted by molar-refractivity contribution is -0.123. The summed E-state index contributed by atoms with van der Waals surface area (Å²) >= 11 is 0. The number of carboxylic acids is 1. The van der Waals surface area contributed by atoms with Crippen LogP contribution in [0.3, 0.4) is 0 Å². The largest absolute Gasteiger partial charge is 0.476 e. The molecule has 0 bridgehead atoms. The van der Waals surface area contributed by atoms with E-state index in [1.807, 2.05) is 18.2 Å². The van der Waals surface area contributed by atoms with E-state index < -0.39 is 5.97 Å². The predicted octanol–water partition coefficient (Wildman–Crippen LogP) is 2.00. The van der Waals surface area contributed by atoms with E-state index in [9.17, 15) is 14.4 Å². The third kappa shape index (κ3) is 5.51. The lowest BCUT2D eigenvalue weighted by Crippen LogP contribution is -2.52. The summed E-state index contributed by atoms with van der Waals surface area (Å²) in [6.07, 6.45) is 3.99. The number of carbonyl (C=O) groups is 3. The molecule has 0 saturated heterocycles. The van der Waals surface area contributed by atoms with Crippen LogP contribution in [0.15, 0.2) is 36.4 Å². The highest BCUT2D eigenvalue weighted by Crippen LogP contribution is 2.19. The molecular weight excluding hydrogens is 372 g/mol. The maximum atomic E-state index is 12.6. The fraction of sp³-hybridized carbons (Fsp3) is 0.429. The monoisotopic (exact) mass is 398 g/mol. The first kappa shape index (κ1) is 20.7. The predicted molar refractivity (Wildman–Crippen MR) is 107 cm³/mol. The Kier molecular flexibility index (Phi) is 6.77.